The Morgan fingerprint density at radius 3 is 1.52 bits per heavy atom. The maximum Gasteiger partial charge on any atom is 0.0417 e. The van der Waals surface area contributed by atoms with Crippen LogP contribution in [0.5, 0.6) is 0 Å². The molecule has 0 heterocycles. The lowest BCUT2D eigenvalue weighted by Crippen LogP contribution is -2.14. The molecule has 144 valence electrons. The zero-order valence-corrected chi connectivity index (χ0v) is 17.3. The summed E-state index contributed by atoms with van der Waals surface area (Å²) in [5, 5.41) is 3.19. The lowest BCUT2D eigenvalue weighted by molar-refractivity contribution is 0.660. The minimum atomic E-state index is 0.160. The predicted octanol–water partition coefficient (Wildman–Crippen LogP) is 7.39. The van der Waals surface area contributed by atoms with Gasteiger partial charge in [-0.3, -0.25) is 0 Å². The van der Waals surface area contributed by atoms with E-state index in [2.05, 4.69) is 110 Å². The number of nitrogens with one attached hydrogen (secondary N) is 1. The molecule has 5 rings (SSSR count). The van der Waals surface area contributed by atoms with Gasteiger partial charge in [-0.2, -0.15) is 0 Å². The SMILES string of the molecule is CC1(C)c2ccccc2-c2ccccc21.CNc1ccccc1-c1ccccc1. The van der Waals surface area contributed by atoms with Crippen LogP contribution in [0.3, 0.4) is 0 Å². The van der Waals surface area contributed by atoms with Gasteiger partial charge in [0, 0.05) is 23.7 Å². The fourth-order valence-electron chi connectivity index (χ4n) is 4.24. The molecule has 4 aromatic rings. The molecule has 0 spiro atoms. The summed E-state index contributed by atoms with van der Waals surface area (Å²) in [6.07, 6.45) is 0. The van der Waals surface area contributed by atoms with Gasteiger partial charge in [0.05, 0.1) is 0 Å². The van der Waals surface area contributed by atoms with Crippen molar-refractivity contribution in [2.45, 2.75) is 19.3 Å². The van der Waals surface area contributed by atoms with Gasteiger partial charge in [-0.25, -0.2) is 0 Å². The van der Waals surface area contributed by atoms with Crippen LogP contribution in [-0.2, 0) is 5.41 Å². The van der Waals surface area contributed by atoms with E-state index in [0.29, 0.717) is 0 Å². The molecule has 0 aromatic heterocycles. The van der Waals surface area contributed by atoms with Crippen molar-refractivity contribution < 1.29 is 0 Å². The van der Waals surface area contributed by atoms with Crippen LogP contribution in [-0.4, -0.2) is 7.05 Å². The second kappa shape index (κ2) is 7.97. The highest BCUT2D eigenvalue weighted by molar-refractivity contribution is 5.80. The molecule has 1 aliphatic carbocycles. The van der Waals surface area contributed by atoms with E-state index in [1.165, 1.54) is 39.1 Å². The lowest BCUT2D eigenvalue weighted by Gasteiger charge is -2.20. The molecular formula is C28H27N. The molecule has 0 amide bonds. The highest BCUT2D eigenvalue weighted by atomic mass is 14.8. The van der Waals surface area contributed by atoms with Gasteiger partial charge in [0.25, 0.3) is 0 Å². The van der Waals surface area contributed by atoms with E-state index in [1.54, 1.807) is 0 Å². The third-order valence-electron chi connectivity index (χ3n) is 5.77. The van der Waals surface area contributed by atoms with Gasteiger partial charge >= 0.3 is 0 Å². The van der Waals surface area contributed by atoms with E-state index >= 15 is 0 Å². The standard InChI is InChI=1S/C15H14.C13H13N/c1-15(2)13-9-5-3-7-11(13)12-8-4-6-10-14(12)15;1-14-13-10-6-5-9-12(13)11-7-3-2-4-8-11/h3-10H,1-2H3;2-10,14H,1H3. The summed E-state index contributed by atoms with van der Waals surface area (Å²) < 4.78 is 0. The van der Waals surface area contributed by atoms with Crippen molar-refractivity contribution in [2.24, 2.45) is 0 Å². The molecule has 0 fully saturated rings. The van der Waals surface area contributed by atoms with Crippen molar-refractivity contribution in [3.8, 4) is 22.3 Å². The Morgan fingerprint density at radius 1 is 0.517 bits per heavy atom. The molecular weight excluding hydrogens is 350 g/mol. The molecule has 0 radical (unpaired) electrons. The van der Waals surface area contributed by atoms with Crippen LogP contribution < -0.4 is 5.32 Å². The largest absolute Gasteiger partial charge is 0.388 e. The van der Waals surface area contributed by atoms with Gasteiger partial charge in [0.2, 0.25) is 0 Å². The Balaban J connectivity index is 0.000000142. The van der Waals surface area contributed by atoms with Crippen molar-refractivity contribution in [3.05, 3.63) is 114 Å². The Bertz CT molecular complexity index is 1060. The zero-order chi connectivity index (χ0) is 20.3. The quantitative estimate of drug-likeness (QED) is 0.384. The maximum atomic E-state index is 3.19. The molecule has 29 heavy (non-hydrogen) atoms. The normalized spacial score (nSPS) is 12.9. The zero-order valence-electron chi connectivity index (χ0n) is 17.3. The van der Waals surface area contributed by atoms with E-state index in [4.69, 9.17) is 0 Å². The highest BCUT2D eigenvalue weighted by Gasteiger charge is 2.34. The van der Waals surface area contributed by atoms with Crippen LogP contribution in [0.15, 0.2) is 103 Å². The maximum absolute atomic E-state index is 3.19. The van der Waals surface area contributed by atoms with E-state index in [-0.39, 0.29) is 5.41 Å². The van der Waals surface area contributed by atoms with Gasteiger partial charge < -0.3 is 5.32 Å². The van der Waals surface area contributed by atoms with Gasteiger partial charge in [0.1, 0.15) is 0 Å². The number of rotatable bonds is 2. The summed E-state index contributed by atoms with van der Waals surface area (Å²) in [5.74, 6) is 0. The second-order valence-electron chi connectivity index (χ2n) is 7.88. The predicted molar refractivity (Wildman–Crippen MR) is 125 cm³/mol. The first-order valence-electron chi connectivity index (χ1n) is 10.1. The van der Waals surface area contributed by atoms with Crippen LogP contribution in [0.25, 0.3) is 22.3 Å². The summed E-state index contributed by atoms with van der Waals surface area (Å²) in [7, 11) is 1.95. The molecule has 1 nitrogen and oxygen atoms in total. The monoisotopic (exact) mass is 377 g/mol. The number of hydrogen-bond donors (Lipinski definition) is 1. The first kappa shape index (κ1) is 19.0. The van der Waals surface area contributed by atoms with E-state index in [0.717, 1.165) is 0 Å². The van der Waals surface area contributed by atoms with Crippen molar-refractivity contribution in [1.82, 2.24) is 0 Å². The van der Waals surface area contributed by atoms with Gasteiger partial charge in [-0.15, -0.1) is 0 Å². The van der Waals surface area contributed by atoms with Gasteiger partial charge in [-0.05, 0) is 33.9 Å². The van der Waals surface area contributed by atoms with Gasteiger partial charge in [-0.1, -0.05) is 111 Å². The first-order valence-corrected chi connectivity index (χ1v) is 10.1. The lowest BCUT2D eigenvalue weighted by atomic mass is 9.82. The van der Waals surface area contributed by atoms with E-state index < -0.39 is 0 Å². The molecule has 0 unspecified atom stereocenters. The average molecular weight is 378 g/mol. The van der Waals surface area contributed by atoms with E-state index in [1.807, 2.05) is 19.2 Å². The fourth-order valence-corrected chi connectivity index (χ4v) is 4.24. The van der Waals surface area contributed by atoms with Crippen LogP contribution in [0.1, 0.15) is 25.0 Å². The fraction of sp³-hybridized carbons (Fsp3) is 0.143. The summed E-state index contributed by atoms with van der Waals surface area (Å²) in [5.41, 5.74) is 9.52. The smallest absolute Gasteiger partial charge is 0.0417 e. The molecule has 0 aliphatic heterocycles. The third kappa shape index (κ3) is 3.56. The Labute approximate surface area is 174 Å². The number of hydrogen-bond acceptors (Lipinski definition) is 1. The van der Waals surface area contributed by atoms with Crippen molar-refractivity contribution in [2.75, 3.05) is 12.4 Å². The summed E-state index contributed by atoms with van der Waals surface area (Å²) in [4.78, 5) is 0. The number of fused-ring (bicyclic) bond motifs is 3. The summed E-state index contributed by atoms with van der Waals surface area (Å²) in [6.45, 7) is 4.61. The molecule has 1 aliphatic rings. The molecule has 1 N–H and O–H groups in total. The minimum Gasteiger partial charge on any atom is -0.388 e. The molecule has 0 atom stereocenters. The number of benzene rings is 4. The Kier molecular flexibility index (Phi) is 5.22. The minimum absolute atomic E-state index is 0.160. The number of para-hydroxylation sites is 1. The Morgan fingerprint density at radius 2 is 0.966 bits per heavy atom. The average Bonchev–Trinajstić information content (AvgIpc) is 3.02. The molecule has 4 aromatic carbocycles. The number of anilines is 1. The highest BCUT2D eigenvalue weighted by Crippen LogP contribution is 2.47. The van der Waals surface area contributed by atoms with Crippen molar-refractivity contribution in [3.63, 3.8) is 0 Å². The second-order valence-corrected chi connectivity index (χ2v) is 7.88. The van der Waals surface area contributed by atoms with Crippen LogP contribution in [0.4, 0.5) is 5.69 Å². The Hall–Kier alpha value is -3.32. The van der Waals surface area contributed by atoms with Gasteiger partial charge in [0.15, 0.2) is 0 Å². The van der Waals surface area contributed by atoms with Crippen LogP contribution >= 0.6 is 0 Å². The van der Waals surface area contributed by atoms with Crippen LogP contribution in [0.2, 0.25) is 0 Å². The molecule has 0 saturated heterocycles. The van der Waals surface area contributed by atoms with Crippen molar-refractivity contribution in [1.29, 1.82) is 0 Å². The molecule has 1 heteroatoms. The topological polar surface area (TPSA) is 12.0 Å². The summed E-state index contributed by atoms with van der Waals surface area (Å²) >= 11 is 0. The van der Waals surface area contributed by atoms with Crippen molar-refractivity contribution >= 4 is 5.69 Å². The van der Waals surface area contributed by atoms with Crippen LogP contribution in [0, 0.1) is 0 Å². The molecule has 0 saturated carbocycles. The first-order chi connectivity index (χ1) is 14.1. The third-order valence-corrected chi connectivity index (χ3v) is 5.77. The molecule has 0 bridgehead atoms. The summed E-state index contributed by atoms with van der Waals surface area (Å²) in [6, 6.07) is 36.1. The van der Waals surface area contributed by atoms with E-state index in [9.17, 15) is 0 Å².